The summed E-state index contributed by atoms with van der Waals surface area (Å²) in [5.41, 5.74) is 0.271. The molecule has 3 N–H and O–H groups in total. The van der Waals surface area contributed by atoms with Crippen molar-refractivity contribution in [3.63, 3.8) is 0 Å². The molecular weight excluding hydrogens is 272 g/mol. The number of nitrogens with one attached hydrogen (secondary N) is 1. The first kappa shape index (κ1) is 15.3. The molecule has 1 aromatic rings. The number of aliphatic hydroxyl groups excluding tert-OH is 1. The molecule has 0 aliphatic rings. The minimum atomic E-state index is -1.13. The highest BCUT2D eigenvalue weighted by molar-refractivity contribution is 6.31. The topological polar surface area (TPSA) is 89.9 Å². The van der Waals surface area contributed by atoms with Gasteiger partial charge < -0.3 is 20.4 Å². The third-order valence-electron chi connectivity index (χ3n) is 2.64. The molecule has 0 aliphatic heterocycles. The zero-order valence-electron chi connectivity index (χ0n) is 10.6. The molecule has 19 heavy (non-hydrogen) atoms. The Morgan fingerprint density at radius 1 is 1.42 bits per heavy atom. The Morgan fingerprint density at radius 2 is 2.05 bits per heavy atom. The minimum absolute atomic E-state index is 0.0133. The molecule has 104 valence electrons. The SMILES string of the molecule is CC(CO)N(C)C(=O)Nc1cc(Cl)cc(C(=O)O)c1. The van der Waals surface area contributed by atoms with Crippen molar-refractivity contribution in [1.29, 1.82) is 0 Å². The summed E-state index contributed by atoms with van der Waals surface area (Å²) >= 11 is 5.78. The highest BCUT2D eigenvalue weighted by atomic mass is 35.5. The van der Waals surface area contributed by atoms with Crippen molar-refractivity contribution in [2.24, 2.45) is 0 Å². The van der Waals surface area contributed by atoms with Gasteiger partial charge in [0.25, 0.3) is 0 Å². The summed E-state index contributed by atoms with van der Waals surface area (Å²) in [7, 11) is 1.53. The molecule has 0 saturated heterocycles. The van der Waals surface area contributed by atoms with Crippen LogP contribution in [0.15, 0.2) is 18.2 Å². The fraction of sp³-hybridized carbons (Fsp3) is 0.333. The number of likely N-dealkylation sites (N-methyl/N-ethyl adjacent to an activating group) is 1. The van der Waals surface area contributed by atoms with Gasteiger partial charge in [-0.25, -0.2) is 9.59 Å². The first-order valence-electron chi connectivity index (χ1n) is 5.53. The van der Waals surface area contributed by atoms with E-state index in [9.17, 15) is 9.59 Å². The number of carbonyl (C=O) groups excluding carboxylic acids is 1. The Bertz CT molecular complexity index is 493. The summed E-state index contributed by atoms with van der Waals surface area (Å²) in [6.07, 6.45) is 0. The zero-order chi connectivity index (χ0) is 14.6. The molecule has 1 atom stereocenters. The van der Waals surface area contributed by atoms with Crippen LogP contribution in [0.3, 0.4) is 0 Å². The van der Waals surface area contributed by atoms with Gasteiger partial charge in [0.05, 0.1) is 18.2 Å². The fourth-order valence-corrected chi connectivity index (χ4v) is 1.55. The minimum Gasteiger partial charge on any atom is -0.478 e. The lowest BCUT2D eigenvalue weighted by Gasteiger charge is -2.23. The third kappa shape index (κ3) is 4.11. The molecule has 0 fully saturated rings. The van der Waals surface area contributed by atoms with Gasteiger partial charge in [0.15, 0.2) is 0 Å². The number of urea groups is 1. The molecule has 0 bridgehead atoms. The van der Waals surface area contributed by atoms with Crippen LogP contribution in [0.5, 0.6) is 0 Å². The maximum atomic E-state index is 11.8. The molecule has 0 radical (unpaired) electrons. The van der Waals surface area contributed by atoms with Crippen LogP contribution < -0.4 is 5.32 Å². The van der Waals surface area contributed by atoms with E-state index in [0.29, 0.717) is 0 Å². The first-order chi connectivity index (χ1) is 8.85. The molecular formula is C12H15ClN2O4. The van der Waals surface area contributed by atoms with Crippen molar-refractivity contribution in [2.45, 2.75) is 13.0 Å². The Balaban J connectivity index is 2.88. The molecule has 1 unspecified atom stereocenters. The van der Waals surface area contributed by atoms with Crippen LogP contribution in [-0.2, 0) is 0 Å². The number of aliphatic hydroxyl groups is 1. The number of halogens is 1. The number of hydrogen-bond acceptors (Lipinski definition) is 3. The average molecular weight is 287 g/mol. The number of nitrogens with zero attached hydrogens (tertiary/aromatic N) is 1. The van der Waals surface area contributed by atoms with Gasteiger partial charge in [-0.1, -0.05) is 11.6 Å². The fourth-order valence-electron chi connectivity index (χ4n) is 1.32. The Labute approximate surface area is 115 Å². The van der Waals surface area contributed by atoms with Crippen molar-refractivity contribution in [1.82, 2.24) is 4.90 Å². The van der Waals surface area contributed by atoms with Gasteiger partial charge in [0, 0.05) is 17.8 Å². The van der Waals surface area contributed by atoms with Crippen molar-refractivity contribution in [2.75, 3.05) is 19.0 Å². The summed E-state index contributed by atoms with van der Waals surface area (Å²) in [6.45, 7) is 1.51. The second-order valence-corrected chi connectivity index (χ2v) is 4.54. The number of aromatic carboxylic acids is 1. The monoisotopic (exact) mass is 286 g/mol. The van der Waals surface area contributed by atoms with Gasteiger partial charge in [0.1, 0.15) is 0 Å². The number of carboxylic acid groups (broad SMARTS) is 1. The van der Waals surface area contributed by atoms with Gasteiger partial charge in [-0.15, -0.1) is 0 Å². The van der Waals surface area contributed by atoms with E-state index in [4.69, 9.17) is 21.8 Å². The van der Waals surface area contributed by atoms with E-state index in [0.717, 1.165) is 0 Å². The van der Waals surface area contributed by atoms with E-state index in [2.05, 4.69) is 5.32 Å². The van der Waals surface area contributed by atoms with Crippen molar-refractivity contribution >= 4 is 29.3 Å². The predicted octanol–water partition coefficient (Wildman–Crippen LogP) is 1.88. The van der Waals surface area contributed by atoms with Crippen LogP contribution >= 0.6 is 11.6 Å². The van der Waals surface area contributed by atoms with Crippen molar-refractivity contribution in [3.8, 4) is 0 Å². The summed E-state index contributed by atoms with van der Waals surface area (Å²) < 4.78 is 0. The number of anilines is 1. The van der Waals surface area contributed by atoms with Crippen LogP contribution in [0, 0.1) is 0 Å². The van der Waals surface area contributed by atoms with Crippen LogP contribution in [0.1, 0.15) is 17.3 Å². The summed E-state index contributed by atoms with van der Waals surface area (Å²) in [4.78, 5) is 24.0. The van der Waals surface area contributed by atoms with E-state index in [1.807, 2.05) is 0 Å². The smallest absolute Gasteiger partial charge is 0.335 e. The molecule has 1 rings (SSSR count). The van der Waals surface area contributed by atoms with E-state index < -0.39 is 12.0 Å². The second kappa shape index (κ2) is 6.40. The van der Waals surface area contributed by atoms with Crippen LogP contribution in [0.25, 0.3) is 0 Å². The highest BCUT2D eigenvalue weighted by Crippen LogP contribution is 2.19. The van der Waals surface area contributed by atoms with Gasteiger partial charge in [-0.05, 0) is 25.1 Å². The second-order valence-electron chi connectivity index (χ2n) is 4.11. The largest absolute Gasteiger partial charge is 0.478 e. The molecule has 0 saturated carbocycles. The predicted molar refractivity (Wildman–Crippen MR) is 71.7 cm³/mol. The molecule has 2 amide bonds. The number of hydrogen-bond donors (Lipinski definition) is 3. The maximum absolute atomic E-state index is 11.8. The van der Waals surface area contributed by atoms with Crippen LogP contribution in [0.2, 0.25) is 5.02 Å². The van der Waals surface area contributed by atoms with E-state index >= 15 is 0 Å². The number of rotatable bonds is 4. The standard InChI is InChI=1S/C12H15ClN2O4/c1-7(6-16)15(2)12(19)14-10-4-8(11(17)18)3-9(13)5-10/h3-5,7,16H,6H2,1-2H3,(H,14,19)(H,17,18). The number of carboxylic acids is 1. The van der Waals surface area contributed by atoms with Crippen LogP contribution in [-0.4, -0.2) is 46.8 Å². The Kier molecular flexibility index (Phi) is 5.14. The average Bonchev–Trinajstić information content (AvgIpc) is 2.35. The van der Waals surface area contributed by atoms with Gasteiger partial charge in [-0.3, -0.25) is 0 Å². The summed E-state index contributed by atoms with van der Waals surface area (Å²) in [5.74, 6) is -1.13. The lowest BCUT2D eigenvalue weighted by atomic mass is 10.2. The van der Waals surface area contributed by atoms with Gasteiger partial charge >= 0.3 is 12.0 Å². The quantitative estimate of drug-likeness (QED) is 0.788. The molecule has 7 heteroatoms. The van der Waals surface area contributed by atoms with Gasteiger partial charge in [0.2, 0.25) is 0 Å². The lowest BCUT2D eigenvalue weighted by molar-refractivity contribution is 0.0697. The molecule has 0 aromatic heterocycles. The molecule has 0 heterocycles. The molecule has 0 aliphatic carbocycles. The molecule has 6 nitrogen and oxygen atoms in total. The number of carbonyl (C=O) groups is 2. The normalized spacial score (nSPS) is 11.8. The van der Waals surface area contributed by atoms with Gasteiger partial charge in [-0.2, -0.15) is 0 Å². The Morgan fingerprint density at radius 3 is 2.58 bits per heavy atom. The van der Waals surface area contributed by atoms with Crippen molar-refractivity contribution < 1.29 is 19.8 Å². The summed E-state index contributed by atoms with van der Waals surface area (Å²) in [5, 5.41) is 20.6. The van der Waals surface area contributed by atoms with Crippen molar-refractivity contribution in [3.05, 3.63) is 28.8 Å². The summed E-state index contributed by atoms with van der Waals surface area (Å²) in [6, 6.07) is 3.24. The lowest BCUT2D eigenvalue weighted by Crippen LogP contribution is -2.40. The maximum Gasteiger partial charge on any atom is 0.335 e. The van der Waals surface area contributed by atoms with E-state index in [1.54, 1.807) is 6.92 Å². The van der Waals surface area contributed by atoms with E-state index in [-0.39, 0.29) is 28.9 Å². The first-order valence-corrected chi connectivity index (χ1v) is 5.91. The molecule has 1 aromatic carbocycles. The van der Waals surface area contributed by atoms with Crippen LogP contribution in [0.4, 0.5) is 10.5 Å². The number of benzene rings is 1. The zero-order valence-corrected chi connectivity index (χ0v) is 11.3. The number of amides is 2. The molecule has 0 spiro atoms. The van der Waals surface area contributed by atoms with E-state index in [1.165, 1.54) is 30.1 Å². The Hall–Kier alpha value is -1.79. The highest BCUT2D eigenvalue weighted by Gasteiger charge is 2.15. The third-order valence-corrected chi connectivity index (χ3v) is 2.86.